The zero-order valence-corrected chi connectivity index (χ0v) is 10.2. The van der Waals surface area contributed by atoms with Crippen molar-refractivity contribution in [3.05, 3.63) is 17.0 Å². The molecule has 1 rings (SSSR count). The van der Waals surface area contributed by atoms with Gasteiger partial charge in [0.25, 0.3) is 0 Å². The van der Waals surface area contributed by atoms with Crippen LogP contribution >= 0.6 is 11.6 Å². The molecule has 1 aromatic rings. The normalized spacial score (nSPS) is 11.5. The highest BCUT2D eigenvalue weighted by atomic mass is 35.5. The van der Waals surface area contributed by atoms with Crippen LogP contribution in [0, 0.1) is 6.92 Å². The second-order valence-corrected chi connectivity index (χ2v) is 4.45. The Morgan fingerprint density at radius 2 is 2.13 bits per heavy atom. The van der Waals surface area contributed by atoms with E-state index in [1.165, 1.54) is 0 Å². The molecule has 1 aromatic heterocycles. The summed E-state index contributed by atoms with van der Waals surface area (Å²) in [6, 6.07) is 1.70. The largest absolute Gasteiger partial charge is 0.382 e. The standard InChI is InChI=1S/C10H16ClN3O/c1-7-12-8(11)5-9(13-7)14-10(2,3)6-15-4/h5H,6H2,1-4H3,(H,12,13,14). The number of nitrogens with one attached hydrogen (secondary N) is 1. The third kappa shape index (κ3) is 4.01. The van der Waals surface area contributed by atoms with E-state index in [0.29, 0.717) is 17.6 Å². The van der Waals surface area contributed by atoms with Crippen molar-refractivity contribution in [1.29, 1.82) is 0 Å². The number of hydrogen-bond acceptors (Lipinski definition) is 4. The van der Waals surface area contributed by atoms with Gasteiger partial charge in [-0.2, -0.15) is 0 Å². The summed E-state index contributed by atoms with van der Waals surface area (Å²) < 4.78 is 5.10. The number of anilines is 1. The second-order valence-electron chi connectivity index (χ2n) is 4.07. The van der Waals surface area contributed by atoms with Crippen LogP contribution < -0.4 is 5.32 Å². The number of aryl methyl sites for hydroxylation is 1. The first kappa shape index (κ1) is 12.2. The summed E-state index contributed by atoms with van der Waals surface area (Å²) in [7, 11) is 1.67. The number of hydrogen-bond donors (Lipinski definition) is 1. The molecule has 0 saturated carbocycles. The maximum Gasteiger partial charge on any atom is 0.134 e. The fourth-order valence-electron chi connectivity index (χ4n) is 1.34. The molecule has 5 heteroatoms. The van der Waals surface area contributed by atoms with Gasteiger partial charge in [0, 0.05) is 13.2 Å². The Balaban J connectivity index is 2.80. The Kier molecular flexibility index (Phi) is 3.88. The Hall–Kier alpha value is -0.870. The summed E-state index contributed by atoms with van der Waals surface area (Å²) in [4.78, 5) is 8.23. The van der Waals surface area contributed by atoms with E-state index in [4.69, 9.17) is 16.3 Å². The Morgan fingerprint density at radius 1 is 1.47 bits per heavy atom. The van der Waals surface area contributed by atoms with Crippen LogP contribution in [0.25, 0.3) is 0 Å². The summed E-state index contributed by atoms with van der Waals surface area (Å²) >= 11 is 5.83. The van der Waals surface area contributed by atoms with Crippen molar-refractivity contribution in [2.75, 3.05) is 19.0 Å². The molecular formula is C10H16ClN3O. The lowest BCUT2D eigenvalue weighted by Gasteiger charge is -2.25. The van der Waals surface area contributed by atoms with E-state index in [9.17, 15) is 0 Å². The molecule has 0 aliphatic rings. The van der Waals surface area contributed by atoms with E-state index in [1.807, 2.05) is 13.8 Å². The van der Waals surface area contributed by atoms with Crippen LogP contribution in [0.4, 0.5) is 5.82 Å². The number of aromatic nitrogens is 2. The van der Waals surface area contributed by atoms with Crippen LogP contribution in [0.15, 0.2) is 6.07 Å². The minimum absolute atomic E-state index is 0.182. The number of nitrogens with zero attached hydrogens (tertiary/aromatic N) is 2. The van der Waals surface area contributed by atoms with Crippen LogP contribution in [-0.4, -0.2) is 29.2 Å². The highest BCUT2D eigenvalue weighted by Crippen LogP contribution is 2.16. The van der Waals surface area contributed by atoms with E-state index >= 15 is 0 Å². The first-order valence-electron chi connectivity index (χ1n) is 4.71. The first-order chi connectivity index (χ1) is 6.93. The third-order valence-electron chi connectivity index (χ3n) is 1.78. The molecule has 0 unspecified atom stereocenters. The van der Waals surface area contributed by atoms with Crippen molar-refractivity contribution in [3.8, 4) is 0 Å². The van der Waals surface area contributed by atoms with E-state index in [0.717, 1.165) is 5.82 Å². The lowest BCUT2D eigenvalue weighted by Crippen LogP contribution is -2.36. The molecule has 0 spiro atoms. The predicted molar refractivity (Wildman–Crippen MR) is 61.4 cm³/mol. The third-order valence-corrected chi connectivity index (χ3v) is 1.97. The number of methoxy groups -OCH3 is 1. The average Bonchev–Trinajstić information content (AvgIpc) is 1.99. The maximum atomic E-state index is 5.83. The molecule has 0 atom stereocenters. The smallest absolute Gasteiger partial charge is 0.134 e. The molecule has 1 N–H and O–H groups in total. The average molecular weight is 230 g/mol. The minimum Gasteiger partial charge on any atom is -0.382 e. The SMILES string of the molecule is COCC(C)(C)Nc1cc(Cl)nc(C)n1. The molecule has 15 heavy (non-hydrogen) atoms. The monoisotopic (exact) mass is 229 g/mol. The van der Waals surface area contributed by atoms with Gasteiger partial charge in [0.1, 0.15) is 16.8 Å². The molecule has 1 heterocycles. The first-order valence-corrected chi connectivity index (χ1v) is 5.09. The van der Waals surface area contributed by atoms with Gasteiger partial charge in [-0.25, -0.2) is 9.97 Å². The van der Waals surface area contributed by atoms with E-state index in [2.05, 4.69) is 15.3 Å². The van der Waals surface area contributed by atoms with Crippen LogP contribution in [0.1, 0.15) is 19.7 Å². The predicted octanol–water partition coefficient (Wildman–Crippen LogP) is 2.28. The molecule has 0 saturated heterocycles. The molecule has 0 aliphatic heterocycles. The van der Waals surface area contributed by atoms with Gasteiger partial charge in [-0.1, -0.05) is 11.6 Å². The van der Waals surface area contributed by atoms with Crippen LogP contribution in [0.3, 0.4) is 0 Å². The van der Waals surface area contributed by atoms with Gasteiger partial charge in [-0.05, 0) is 20.8 Å². The minimum atomic E-state index is -0.182. The lowest BCUT2D eigenvalue weighted by atomic mass is 10.1. The van der Waals surface area contributed by atoms with E-state index in [-0.39, 0.29) is 5.54 Å². The summed E-state index contributed by atoms with van der Waals surface area (Å²) in [6.45, 7) is 6.46. The maximum absolute atomic E-state index is 5.83. The highest BCUT2D eigenvalue weighted by molar-refractivity contribution is 6.29. The summed E-state index contributed by atoms with van der Waals surface area (Å²) in [6.07, 6.45) is 0. The van der Waals surface area contributed by atoms with E-state index < -0.39 is 0 Å². The van der Waals surface area contributed by atoms with Crippen molar-refractivity contribution >= 4 is 17.4 Å². The second kappa shape index (κ2) is 4.77. The van der Waals surface area contributed by atoms with Crippen molar-refractivity contribution < 1.29 is 4.74 Å². The van der Waals surface area contributed by atoms with Crippen molar-refractivity contribution in [3.63, 3.8) is 0 Å². The fourth-order valence-corrected chi connectivity index (χ4v) is 1.56. The van der Waals surface area contributed by atoms with Gasteiger partial charge < -0.3 is 10.1 Å². The van der Waals surface area contributed by atoms with Gasteiger partial charge in [0.05, 0.1) is 12.1 Å². The van der Waals surface area contributed by atoms with Crippen molar-refractivity contribution in [1.82, 2.24) is 9.97 Å². The molecule has 84 valence electrons. The number of ether oxygens (including phenoxy) is 1. The van der Waals surface area contributed by atoms with Gasteiger partial charge >= 0.3 is 0 Å². The summed E-state index contributed by atoms with van der Waals surface area (Å²) in [5.74, 6) is 1.37. The summed E-state index contributed by atoms with van der Waals surface area (Å²) in [5.41, 5.74) is -0.182. The van der Waals surface area contributed by atoms with Gasteiger partial charge in [0.2, 0.25) is 0 Å². The van der Waals surface area contributed by atoms with Gasteiger partial charge in [0.15, 0.2) is 0 Å². The molecule has 0 fully saturated rings. The van der Waals surface area contributed by atoms with Gasteiger partial charge in [-0.3, -0.25) is 0 Å². The van der Waals surface area contributed by atoms with Crippen LogP contribution in [0.5, 0.6) is 0 Å². The van der Waals surface area contributed by atoms with Gasteiger partial charge in [-0.15, -0.1) is 0 Å². The fraction of sp³-hybridized carbons (Fsp3) is 0.600. The Morgan fingerprint density at radius 3 is 2.67 bits per heavy atom. The summed E-state index contributed by atoms with van der Waals surface area (Å²) in [5, 5.41) is 3.68. The zero-order chi connectivity index (χ0) is 11.5. The number of rotatable bonds is 4. The Labute approximate surface area is 95.0 Å². The van der Waals surface area contributed by atoms with Crippen molar-refractivity contribution in [2.24, 2.45) is 0 Å². The molecule has 0 aromatic carbocycles. The molecule has 4 nitrogen and oxygen atoms in total. The Bertz CT molecular complexity index is 321. The highest BCUT2D eigenvalue weighted by Gasteiger charge is 2.17. The van der Waals surface area contributed by atoms with Crippen LogP contribution in [-0.2, 0) is 4.74 Å². The number of halogens is 1. The quantitative estimate of drug-likeness (QED) is 0.805. The zero-order valence-electron chi connectivity index (χ0n) is 9.47. The van der Waals surface area contributed by atoms with Crippen LogP contribution in [0.2, 0.25) is 5.15 Å². The molecule has 0 aliphatic carbocycles. The molecule has 0 amide bonds. The molecule has 0 bridgehead atoms. The van der Waals surface area contributed by atoms with E-state index in [1.54, 1.807) is 20.1 Å². The molecular weight excluding hydrogens is 214 g/mol. The molecule has 0 radical (unpaired) electrons. The van der Waals surface area contributed by atoms with Crippen molar-refractivity contribution in [2.45, 2.75) is 26.3 Å². The topological polar surface area (TPSA) is 47.0 Å². The lowest BCUT2D eigenvalue weighted by molar-refractivity contribution is 0.158.